The van der Waals surface area contributed by atoms with E-state index in [9.17, 15) is 18.0 Å². The van der Waals surface area contributed by atoms with Crippen molar-refractivity contribution in [2.75, 3.05) is 17.5 Å². The fourth-order valence-electron chi connectivity index (χ4n) is 5.19. The number of carbonyl (C=O) groups excluding carboxylic acids is 2. The van der Waals surface area contributed by atoms with Crippen LogP contribution in [0.3, 0.4) is 0 Å². The Kier molecular flexibility index (Phi) is 11.5. The van der Waals surface area contributed by atoms with E-state index in [1.54, 1.807) is 36.4 Å². The highest BCUT2D eigenvalue weighted by Crippen LogP contribution is 2.33. The van der Waals surface area contributed by atoms with Gasteiger partial charge in [0.15, 0.2) is 0 Å². The second-order valence-corrected chi connectivity index (χ2v) is 14.5. The van der Waals surface area contributed by atoms with Crippen LogP contribution in [0.5, 0.6) is 5.75 Å². The first-order chi connectivity index (χ1) is 22.3. The predicted octanol–water partition coefficient (Wildman–Crippen LogP) is 6.45. The molecule has 4 aromatic carbocycles. The Morgan fingerprint density at radius 3 is 1.96 bits per heavy atom. The summed E-state index contributed by atoms with van der Waals surface area (Å²) in [5, 5.41) is 3.06. The van der Waals surface area contributed by atoms with E-state index in [0.717, 1.165) is 26.6 Å². The van der Waals surface area contributed by atoms with Crippen molar-refractivity contribution < 1.29 is 22.7 Å². The predicted molar refractivity (Wildman–Crippen MR) is 187 cm³/mol. The third kappa shape index (κ3) is 9.45. The molecule has 0 aromatic heterocycles. The molecule has 0 aliphatic carbocycles. The standard InChI is InChI=1S/C38H45N3O5S/c1-7-46-35-16-12-11-15-33(35)41(47(44,45)32-23-19-29(3)20-24-32)27-36(42)40(26-31-21-17-28(2)18-22-31)34(37(43)39-38(4,5)6)25-30-13-9-8-10-14-30/h8-24,34H,7,25-27H2,1-6H3,(H,39,43). The Bertz CT molecular complexity index is 1750. The molecule has 0 aliphatic heterocycles. The van der Waals surface area contributed by atoms with Crippen LogP contribution in [-0.2, 0) is 32.6 Å². The van der Waals surface area contributed by atoms with Crippen LogP contribution in [0.25, 0.3) is 0 Å². The number of carbonyl (C=O) groups is 2. The first-order valence-electron chi connectivity index (χ1n) is 15.8. The van der Waals surface area contributed by atoms with Crippen LogP contribution >= 0.6 is 0 Å². The van der Waals surface area contributed by atoms with Gasteiger partial charge in [0.2, 0.25) is 11.8 Å². The summed E-state index contributed by atoms with van der Waals surface area (Å²) in [6.45, 7) is 11.2. The van der Waals surface area contributed by atoms with Crippen molar-refractivity contribution in [2.24, 2.45) is 0 Å². The zero-order valence-electron chi connectivity index (χ0n) is 28.1. The summed E-state index contributed by atoms with van der Waals surface area (Å²) >= 11 is 0. The average molecular weight is 656 g/mol. The fourth-order valence-corrected chi connectivity index (χ4v) is 6.61. The van der Waals surface area contributed by atoms with Gasteiger partial charge in [-0.25, -0.2) is 8.42 Å². The Morgan fingerprint density at radius 1 is 0.787 bits per heavy atom. The minimum atomic E-state index is -4.25. The number of aryl methyl sites for hydroxylation is 2. The summed E-state index contributed by atoms with van der Waals surface area (Å²) in [5.41, 5.74) is 3.31. The highest BCUT2D eigenvalue weighted by atomic mass is 32.2. The van der Waals surface area contributed by atoms with Crippen molar-refractivity contribution in [3.05, 3.63) is 125 Å². The summed E-state index contributed by atoms with van der Waals surface area (Å²) < 4.78 is 35.6. The summed E-state index contributed by atoms with van der Waals surface area (Å²) in [7, 11) is -4.25. The van der Waals surface area contributed by atoms with Crippen molar-refractivity contribution in [1.29, 1.82) is 0 Å². The highest BCUT2D eigenvalue weighted by molar-refractivity contribution is 7.92. The second-order valence-electron chi connectivity index (χ2n) is 12.7. The Hall–Kier alpha value is -4.63. The van der Waals surface area contributed by atoms with Gasteiger partial charge < -0.3 is 15.0 Å². The third-order valence-electron chi connectivity index (χ3n) is 7.56. The molecule has 0 saturated carbocycles. The molecule has 1 atom stereocenters. The molecule has 9 heteroatoms. The van der Waals surface area contributed by atoms with Gasteiger partial charge in [0.1, 0.15) is 18.3 Å². The van der Waals surface area contributed by atoms with Gasteiger partial charge in [-0.3, -0.25) is 13.9 Å². The fraction of sp³-hybridized carbons (Fsp3) is 0.316. The molecule has 0 fully saturated rings. The van der Waals surface area contributed by atoms with E-state index in [2.05, 4.69) is 5.32 Å². The maximum atomic E-state index is 14.7. The zero-order valence-corrected chi connectivity index (χ0v) is 28.9. The third-order valence-corrected chi connectivity index (χ3v) is 9.34. The first-order valence-corrected chi connectivity index (χ1v) is 17.2. The van der Waals surface area contributed by atoms with Gasteiger partial charge in [0, 0.05) is 18.5 Å². The lowest BCUT2D eigenvalue weighted by atomic mass is 10.0. The number of benzene rings is 4. The number of hydrogen-bond donors (Lipinski definition) is 1. The lowest BCUT2D eigenvalue weighted by molar-refractivity contribution is -0.140. The molecular weight excluding hydrogens is 611 g/mol. The van der Waals surface area contributed by atoms with Crippen molar-refractivity contribution in [3.63, 3.8) is 0 Å². The van der Waals surface area contributed by atoms with Crippen LogP contribution < -0.4 is 14.4 Å². The molecule has 1 N–H and O–H groups in total. The summed E-state index contributed by atoms with van der Waals surface area (Å²) in [5.74, 6) is -0.531. The van der Waals surface area contributed by atoms with Crippen LogP contribution in [-0.4, -0.2) is 49.9 Å². The average Bonchev–Trinajstić information content (AvgIpc) is 3.02. The topological polar surface area (TPSA) is 96.0 Å². The van der Waals surface area contributed by atoms with Gasteiger partial charge in [-0.1, -0.05) is 90.0 Å². The Labute approximate surface area is 279 Å². The molecular formula is C38H45N3O5S. The molecule has 4 rings (SSSR count). The quantitative estimate of drug-likeness (QED) is 0.179. The minimum Gasteiger partial charge on any atom is -0.492 e. The highest BCUT2D eigenvalue weighted by Gasteiger charge is 2.36. The van der Waals surface area contributed by atoms with Crippen LogP contribution in [0.15, 0.2) is 108 Å². The van der Waals surface area contributed by atoms with Crippen molar-refractivity contribution >= 4 is 27.5 Å². The lowest BCUT2D eigenvalue weighted by Crippen LogP contribution is -2.56. The molecule has 1 unspecified atom stereocenters. The zero-order chi connectivity index (χ0) is 34.2. The number of ether oxygens (including phenoxy) is 1. The van der Waals surface area contributed by atoms with E-state index >= 15 is 0 Å². The van der Waals surface area contributed by atoms with Gasteiger partial charge in [-0.05, 0) is 76.9 Å². The Morgan fingerprint density at radius 2 is 1.36 bits per heavy atom. The molecule has 4 aromatic rings. The number of sulfonamides is 1. The van der Waals surface area contributed by atoms with Crippen LogP contribution in [0.1, 0.15) is 49.9 Å². The molecule has 0 radical (unpaired) electrons. The van der Waals surface area contributed by atoms with E-state index in [1.807, 2.05) is 96.1 Å². The molecule has 0 bridgehead atoms. The van der Waals surface area contributed by atoms with Crippen molar-refractivity contribution in [3.8, 4) is 5.75 Å². The number of nitrogens with zero attached hydrogens (tertiary/aromatic N) is 2. The van der Waals surface area contributed by atoms with Crippen LogP contribution in [0.2, 0.25) is 0 Å². The molecule has 47 heavy (non-hydrogen) atoms. The number of nitrogens with one attached hydrogen (secondary N) is 1. The minimum absolute atomic E-state index is 0.0404. The smallest absolute Gasteiger partial charge is 0.264 e. The SMILES string of the molecule is CCOc1ccccc1N(CC(=O)N(Cc1ccc(C)cc1)C(Cc1ccccc1)C(=O)NC(C)(C)C)S(=O)(=O)c1ccc(C)cc1. The lowest BCUT2D eigenvalue weighted by Gasteiger charge is -2.35. The van der Waals surface area contributed by atoms with Crippen LogP contribution in [0.4, 0.5) is 5.69 Å². The van der Waals surface area contributed by atoms with E-state index in [0.29, 0.717) is 12.4 Å². The molecule has 8 nitrogen and oxygen atoms in total. The Balaban J connectivity index is 1.85. The largest absolute Gasteiger partial charge is 0.492 e. The summed E-state index contributed by atoms with van der Waals surface area (Å²) in [6.07, 6.45) is 0.237. The van der Waals surface area contributed by atoms with Crippen molar-refractivity contribution in [1.82, 2.24) is 10.2 Å². The maximum Gasteiger partial charge on any atom is 0.264 e. The molecule has 0 aliphatic rings. The van der Waals surface area contributed by atoms with E-state index in [-0.39, 0.29) is 29.5 Å². The monoisotopic (exact) mass is 655 g/mol. The van der Waals surface area contributed by atoms with Gasteiger partial charge >= 0.3 is 0 Å². The molecule has 0 heterocycles. The van der Waals surface area contributed by atoms with Gasteiger partial charge in [-0.15, -0.1) is 0 Å². The molecule has 248 valence electrons. The van der Waals surface area contributed by atoms with E-state index in [1.165, 1.54) is 17.0 Å². The first kappa shape index (κ1) is 35.2. The van der Waals surface area contributed by atoms with E-state index in [4.69, 9.17) is 4.74 Å². The number of para-hydroxylation sites is 2. The van der Waals surface area contributed by atoms with E-state index < -0.39 is 34.1 Å². The van der Waals surface area contributed by atoms with Crippen LogP contribution in [0, 0.1) is 13.8 Å². The maximum absolute atomic E-state index is 14.7. The molecule has 0 saturated heterocycles. The second kappa shape index (κ2) is 15.3. The molecule has 0 spiro atoms. The number of amides is 2. The normalized spacial score (nSPS) is 12.2. The van der Waals surface area contributed by atoms with Gasteiger partial charge in [0.05, 0.1) is 17.2 Å². The number of hydrogen-bond acceptors (Lipinski definition) is 5. The molecule has 2 amide bonds. The van der Waals surface area contributed by atoms with Gasteiger partial charge in [0.25, 0.3) is 10.0 Å². The summed E-state index contributed by atoms with van der Waals surface area (Å²) in [6, 6.07) is 29.6. The van der Waals surface area contributed by atoms with Gasteiger partial charge in [-0.2, -0.15) is 0 Å². The van der Waals surface area contributed by atoms with Crippen molar-refractivity contribution in [2.45, 2.75) is 71.0 Å². The summed E-state index contributed by atoms with van der Waals surface area (Å²) in [4.78, 5) is 30.3. The number of rotatable bonds is 13. The number of anilines is 1.